The van der Waals surface area contributed by atoms with Crippen LogP contribution in [0.2, 0.25) is 0 Å². The van der Waals surface area contributed by atoms with Crippen LogP contribution >= 0.6 is 0 Å². The smallest absolute Gasteiger partial charge is 0.267 e. The molecule has 24 heavy (non-hydrogen) atoms. The number of hydrogen-bond donors (Lipinski definition) is 0. The van der Waals surface area contributed by atoms with Crippen LogP contribution in [0, 0.1) is 0 Å². The molecule has 6 heteroatoms. The van der Waals surface area contributed by atoms with Crippen LogP contribution in [0.3, 0.4) is 0 Å². The Morgan fingerprint density at radius 3 is 2.75 bits per heavy atom. The van der Waals surface area contributed by atoms with Gasteiger partial charge >= 0.3 is 0 Å². The van der Waals surface area contributed by atoms with Gasteiger partial charge < -0.3 is 14.4 Å². The molecule has 1 aromatic heterocycles. The summed E-state index contributed by atoms with van der Waals surface area (Å²) in [6.45, 7) is 3.30. The maximum Gasteiger partial charge on any atom is 0.267 e. The minimum atomic E-state index is -0.601. The Hall–Kier alpha value is -2.50. The molecule has 2 aliphatic heterocycles. The number of hydrogen-bond acceptors (Lipinski definition) is 4. The molecule has 0 saturated carbocycles. The quantitative estimate of drug-likeness (QED) is 0.849. The number of amides is 1. The van der Waals surface area contributed by atoms with E-state index < -0.39 is 6.10 Å². The van der Waals surface area contributed by atoms with E-state index in [1.807, 2.05) is 53.0 Å². The summed E-state index contributed by atoms with van der Waals surface area (Å²) in [5, 5.41) is 4.31. The lowest BCUT2D eigenvalue weighted by molar-refractivity contribution is -0.146. The Balaban J connectivity index is 1.49. The lowest BCUT2D eigenvalue weighted by atomic mass is 10.0. The predicted octanol–water partition coefficient (Wildman–Crippen LogP) is 2.28. The molecular formula is C18H21N3O3. The molecule has 2 aliphatic rings. The van der Waals surface area contributed by atoms with Gasteiger partial charge in [-0.1, -0.05) is 12.1 Å². The summed E-state index contributed by atoms with van der Waals surface area (Å²) in [6, 6.07) is 9.62. The van der Waals surface area contributed by atoms with Gasteiger partial charge in [0.1, 0.15) is 6.10 Å². The molecule has 0 spiro atoms. The van der Waals surface area contributed by atoms with Crippen molar-refractivity contribution in [1.82, 2.24) is 14.7 Å². The number of fused-ring (bicyclic) bond motifs is 1. The van der Waals surface area contributed by atoms with Crippen LogP contribution < -0.4 is 9.47 Å². The minimum absolute atomic E-state index is 0.00569. The third-order valence-electron chi connectivity index (χ3n) is 4.69. The molecular weight excluding hydrogens is 306 g/mol. The number of carbonyl (C=O) groups is 1. The molecule has 0 N–H and O–H groups in total. The summed E-state index contributed by atoms with van der Waals surface area (Å²) >= 11 is 0. The second-order valence-electron chi connectivity index (χ2n) is 6.37. The number of aromatic nitrogens is 2. The van der Waals surface area contributed by atoms with Gasteiger partial charge in [0.05, 0.1) is 6.04 Å². The van der Waals surface area contributed by atoms with Crippen LogP contribution in [0.1, 0.15) is 25.8 Å². The molecule has 1 aromatic carbocycles. The number of para-hydroxylation sites is 2. The van der Waals surface area contributed by atoms with E-state index in [0.29, 0.717) is 18.0 Å². The Morgan fingerprint density at radius 2 is 2.00 bits per heavy atom. The molecule has 2 aromatic rings. The van der Waals surface area contributed by atoms with Gasteiger partial charge in [0.2, 0.25) is 6.10 Å². The zero-order valence-electron chi connectivity index (χ0n) is 13.7. The van der Waals surface area contributed by atoms with Gasteiger partial charge in [-0.3, -0.25) is 9.48 Å². The molecule has 0 unspecified atom stereocenters. The number of ether oxygens (including phenoxy) is 2. The van der Waals surface area contributed by atoms with Gasteiger partial charge in [0.15, 0.2) is 11.5 Å². The van der Waals surface area contributed by atoms with Crippen molar-refractivity contribution >= 4 is 5.91 Å². The molecule has 126 valence electrons. The lowest BCUT2D eigenvalue weighted by Crippen LogP contribution is -2.53. The first-order chi connectivity index (χ1) is 11.7. The molecule has 1 saturated heterocycles. The van der Waals surface area contributed by atoms with Crippen LogP contribution in [-0.4, -0.2) is 45.9 Å². The van der Waals surface area contributed by atoms with E-state index in [4.69, 9.17) is 9.47 Å². The van der Waals surface area contributed by atoms with Crippen molar-refractivity contribution in [3.8, 4) is 11.5 Å². The van der Waals surface area contributed by atoms with E-state index in [-0.39, 0.29) is 18.1 Å². The van der Waals surface area contributed by atoms with Crippen LogP contribution in [0.25, 0.3) is 0 Å². The van der Waals surface area contributed by atoms with Gasteiger partial charge in [-0.05, 0) is 38.0 Å². The predicted molar refractivity (Wildman–Crippen MR) is 88.0 cm³/mol. The Morgan fingerprint density at radius 1 is 1.21 bits per heavy atom. The summed E-state index contributed by atoms with van der Waals surface area (Å²) in [7, 11) is 0. The zero-order chi connectivity index (χ0) is 16.5. The maximum atomic E-state index is 13.0. The first-order valence-electron chi connectivity index (χ1n) is 8.42. The van der Waals surface area contributed by atoms with Crippen molar-refractivity contribution in [3.05, 3.63) is 42.7 Å². The lowest BCUT2D eigenvalue weighted by Gasteiger charge is -2.38. The van der Waals surface area contributed by atoms with Crippen LogP contribution in [0.5, 0.6) is 11.5 Å². The highest BCUT2D eigenvalue weighted by Crippen LogP contribution is 2.34. The molecule has 0 aliphatic carbocycles. The highest BCUT2D eigenvalue weighted by molar-refractivity contribution is 5.82. The molecule has 0 bridgehead atoms. The van der Waals surface area contributed by atoms with E-state index in [0.717, 1.165) is 19.4 Å². The molecule has 1 amide bonds. The number of carbonyl (C=O) groups excluding carboxylic acids is 1. The first-order valence-corrected chi connectivity index (χ1v) is 8.42. The van der Waals surface area contributed by atoms with Crippen LogP contribution in [0.15, 0.2) is 42.7 Å². The minimum Gasteiger partial charge on any atom is -0.482 e. The van der Waals surface area contributed by atoms with Crippen LogP contribution in [-0.2, 0) is 4.79 Å². The number of likely N-dealkylation sites (tertiary alicyclic amines) is 1. The van der Waals surface area contributed by atoms with Crippen molar-refractivity contribution in [2.75, 3.05) is 13.1 Å². The Bertz CT molecular complexity index is 716. The second-order valence-corrected chi connectivity index (χ2v) is 6.37. The highest BCUT2D eigenvalue weighted by Gasteiger charge is 2.38. The van der Waals surface area contributed by atoms with Crippen LogP contribution in [0.4, 0.5) is 0 Å². The van der Waals surface area contributed by atoms with E-state index in [1.165, 1.54) is 0 Å². The first kappa shape index (κ1) is 15.1. The molecule has 0 radical (unpaired) electrons. The summed E-state index contributed by atoms with van der Waals surface area (Å²) in [6.07, 6.45) is 4.82. The maximum absolute atomic E-state index is 13.0. The number of nitrogens with zero attached hydrogens (tertiary/aromatic N) is 3. The van der Waals surface area contributed by atoms with E-state index >= 15 is 0 Å². The van der Waals surface area contributed by atoms with Gasteiger partial charge in [-0.25, -0.2) is 0 Å². The summed E-state index contributed by atoms with van der Waals surface area (Å²) in [5.41, 5.74) is 0. The Labute approximate surface area is 141 Å². The third-order valence-corrected chi connectivity index (χ3v) is 4.69. The van der Waals surface area contributed by atoms with E-state index in [1.54, 1.807) is 6.20 Å². The second kappa shape index (κ2) is 6.19. The summed E-state index contributed by atoms with van der Waals surface area (Å²) < 4.78 is 13.8. The van der Waals surface area contributed by atoms with Crippen molar-refractivity contribution in [2.45, 2.75) is 38.0 Å². The third kappa shape index (κ3) is 2.72. The number of piperidine rings is 1. The average molecular weight is 327 g/mol. The fourth-order valence-electron chi connectivity index (χ4n) is 3.44. The van der Waals surface area contributed by atoms with Gasteiger partial charge in [-0.2, -0.15) is 5.10 Å². The fourth-order valence-corrected chi connectivity index (χ4v) is 3.44. The molecule has 6 nitrogen and oxygen atoms in total. The van der Waals surface area contributed by atoms with E-state index in [9.17, 15) is 4.79 Å². The zero-order valence-corrected chi connectivity index (χ0v) is 13.7. The SMILES string of the molecule is C[C@@H]1Oc2ccccc2O[C@H]1C(=O)N1CCC[C@@H](n2cccn2)C1. The average Bonchev–Trinajstić information content (AvgIpc) is 3.15. The van der Waals surface area contributed by atoms with Crippen molar-refractivity contribution in [3.63, 3.8) is 0 Å². The summed E-state index contributed by atoms with van der Waals surface area (Å²) in [4.78, 5) is 14.9. The van der Waals surface area contributed by atoms with Gasteiger partial charge in [0.25, 0.3) is 5.91 Å². The number of benzene rings is 1. The molecule has 4 rings (SSSR count). The normalized spacial score (nSPS) is 26.2. The number of rotatable bonds is 2. The Kier molecular flexibility index (Phi) is 3.88. The van der Waals surface area contributed by atoms with Crippen molar-refractivity contribution < 1.29 is 14.3 Å². The monoisotopic (exact) mass is 327 g/mol. The largest absolute Gasteiger partial charge is 0.482 e. The molecule has 3 atom stereocenters. The topological polar surface area (TPSA) is 56.6 Å². The summed E-state index contributed by atoms with van der Waals surface area (Å²) in [5.74, 6) is 1.32. The van der Waals surface area contributed by atoms with Gasteiger partial charge in [0, 0.05) is 25.5 Å². The fraction of sp³-hybridized carbons (Fsp3) is 0.444. The molecule has 3 heterocycles. The van der Waals surface area contributed by atoms with E-state index in [2.05, 4.69) is 5.10 Å². The standard InChI is InChI=1S/C18H21N3O3/c1-13-17(24-16-8-3-2-7-15(16)23-13)18(22)20-10-4-6-14(12-20)21-11-5-9-19-21/h2-3,5,7-9,11,13-14,17H,4,6,10,12H2,1H3/t13-,14+,17+/m0/s1. The van der Waals surface area contributed by atoms with Crippen molar-refractivity contribution in [1.29, 1.82) is 0 Å². The highest BCUT2D eigenvalue weighted by atomic mass is 16.6. The van der Waals surface area contributed by atoms with Crippen molar-refractivity contribution in [2.24, 2.45) is 0 Å². The molecule has 1 fully saturated rings. The van der Waals surface area contributed by atoms with Gasteiger partial charge in [-0.15, -0.1) is 0 Å².